The summed E-state index contributed by atoms with van der Waals surface area (Å²) in [5.74, 6) is 1.82. The summed E-state index contributed by atoms with van der Waals surface area (Å²) in [6, 6.07) is 7.96. The van der Waals surface area contributed by atoms with Crippen LogP contribution in [0, 0.1) is 5.92 Å². The first-order valence-electron chi connectivity index (χ1n) is 6.49. The molecule has 0 atom stereocenters. The van der Waals surface area contributed by atoms with Crippen molar-refractivity contribution in [2.45, 2.75) is 25.7 Å². The fourth-order valence-corrected chi connectivity index (χ4v) is 2.41. The molecule has 1 aromatic carbocycles. The lowest BCUT2D eigenvalue weighted by atomic mass is 10.2. The quantitative estimate of drug-likeness (QED) is 0.830. The molecule has 1 heterocycles. The summed E-state index contributed by atoms with van der Waals surface area (Å²) in [5, 5.41) is 14.0. The van der Waals surface area contributed by atoms with Gasteiger partial charge in [-0.1, -0.05) is 48.7 Å². The van der Waals surface area contributed by atoms with E-state index in [0.29, 0.717) is 5.15 Å². The maximum atomic E-state index is 6.04. The van der Waals surface area contributed by atoms with Crippen LogP contribution < -0.4 is 5.32 Å². The topological polar surface area (TPSA) is 37.8 Å². The SMILES string of the molecule is Clc1nnc(NCCCC2CC2)c2ccccc12. The molecule has 3 rings (SSSR count). The molecule has 0 bridgehead atoms. The van der Waals surface area contributed by atoms with Crippen LogP contribution in [0.1, 0.15) is 25.7 Å². The van der Waals surface area contributed by atoms with Crippen molar-refractivity contribution in [1.82, 2.24) is 10.2 Å². The van der Waals surface area contributed by atoms with Gasteiger partial charge in [-0.25, -0.2) is 0 Å². The van der Waals surface area contributed by atoms with Crippen molar-refractivity contribution >= 4 is 28.2 Å². The van der Waals surface area contributed by atoms with E-state index in [2.05, 4.69) is 15.5 Å². The molecular formula is C14H16ClN3. The maximum absolute atomic E-state index is 6.04. The molecule has 1 N–H and O–H groups in total. The number of rotatable bonds is 5. The number of nitrogens with one attached hydrogen (secondary N) is 1. The van der Waals surface area contributed by atoms with Gasteiger partial charge in [0, 0.05) is 17.3 Å². The molecule has 1 aliphatic rings. The Morgan fingerprint density at radius 3 is 2.72 bits per heavy atom. The normalized spacial score (nSPS) is 14.9. The Bertz CT molecular complexity index is 552. The number of fused-ring (bicyclic) bond motifs is 1. The van der Waals surface area contributed by atoms with Crippen LogP contribution in [0.15, 0.2) is 24.3 Å². The molecule has 0 radical (unpaired) electrons. The second kappa shape index (κ2) is 5.11. The first-order chi connectivity index (χ1) is 8.84. The molecule has 0 spiro atoms. The van der Waals surface area contributed by atoms with Crippen molar-refractivity contribution in [3.63, 3.8) is 0 Å². The maximum Gasteiger partial charge on any atom is 0.159 e. The average Bonchev–Trinajstić information content (AvgIpc) is 3.21. The van der Waals surface area contributed by atoms with Crippen molar-refractivity contribution in [2.75, 3.05) is 11.9 Å². The highest BCUT2D eigenvalue weighted by Crippen LogP contribution is 2.33. The summed E-state index contributed by atoms with van der Waals surface area (Å²) in [6.07, 6.45) is 5.36. The average molecular weight is 262 g/mol. The number of hydrogen-bond donors (Lipinski definition) is 1. The zero-order chi connectivity index (χ0) is 12.4. The molecule has 0 amide bonds. The van der Waals surface area contributed by atoms with E-state index < -0.39 is 0 Å². The molecule has 1 aliphatic carbocycles. The van der Waals surface area contributed by atoms with Gasteiger partial charge in [-0.05, 0) is 18.8 Å². The van der Waals surface area contributed by atoms with E-state index in [-0.39, 0.29) is 0 Å². The van der Waals surface area contributed by atoms with Gasteiger partial charge < -0.3 is 5.32 Å². The van der Waals surface area contributed by atoms with E-state index in [9.17, 15) is 0 Å². The first kappa shape index (κ1) is 11.7. The minimum atomic E-state index is 0.467. The van der Waals surface area contributed by atoms with Crippen LogP contribution in [0.3, 0.4) is 0 Å². The van der Waals surface area contributed by atoms with Crippen LogP contribution in [0.4, 0.5) is 5.82 Å². The zero-order valence-corrected chi connectivity index (χ0v) is 11.0. The fraction of sp³-hybridized carbons (Fsp3) is 0.429. The minimum Gasteiger partial charge on any atom is -0.368 e. The number of hydrogen-bond acceptors (Lipinski definition) is 3. The third-order valence-electron chi connectivity index (χ3n) is 3.42. The molecule has 1 fully saturated rings. The summed E-state index contributed by atoms with van der Waals surface area (Å²) >= 11 is 6.04. The van der Waals surface area contributed by atoms with Crippen LogP contribution in [0.5, 0.6) is 0 Å². The molecule has 3 nitrogen and oxygen atoms in total. The molecule has 0 saturated heterocycles. The number of aromatic nitrogens is 2. The van der Waals surface area contributed by atoms with Crippen LogP contribution >= 0.6 is 11.6 Å². The van der Waals surface area contributed by atoms with Gasteiger partial charge in [0.2, 0.25) is 0 Å². The summed E-state index contributed by atoms with van der Waals surface area (Å²) in [6.45, 7) is 0.955. The lowest BCUT2D eigenvalue weighted by molar-refractivity contribution is 0.686. The largest absolute Gasteiger partial charge is 0.368 e. The summed E-state index contributed by atoms with van der Waals surface area (Å²) in [4.78, 5) is 0. The smallest absolute Gasteiger partial charge is 0.159 e. The van der Waals surface area contributed by atoms with Crippen LogP contribution in [0.25, 0.3) is 10.8 Å². The van der Waals surface area contributed by atoms with Gasteiger partial charge in [-0.15, -0.1) is 10.2 Å². The highest BCUT2D eigenvalue weighted by molar-refractivity contribution is 6.34. The molecule has 0 unspecified atom stereocenters. The standard InChI is InChI=1S/C14H16ClN3/c15-13-11-5-1-2-6-12(11)14(18-17-13)16-9-3-4-10-7-8-10/h1-2,5-6,10H,3-4,7-9H2,(H,16,18). The van der Waals surface area contributed by atoms with Crippen molar-refractivity contribution in [3.8, 4) is 0 Å². The Labute approximate surface area is 112 Å². The zero-order valence-electron chi connectivity index (χ0n) is 10.2. The fourth-order valence-electron chi connectivity index (χ4n) is 2.21. The predicted molar refractivity (Wildman–Crippen MR) is 75.0 cm³/mol. The summed E-state index contributed by atoms with van der Waals surface area (Å²) in [7, 11) is 0. The van der Waals surface area contributed by atoms with Crippen LogP contribution in [0.2, 0.25) is 5.15 Å². The third kappa shape index (κ3) is 2.56. The van der Waals surface area contributed by atoms with Crippen LogP contribution in [-0.4, -0.2) is 16.7 Å². The van der Waals surface area contributed by atoms with Crippen molar-refractivity contribution < 1.29 is 0 Å². The van der Waals surface area contributed by atoms with Gasteiger partial charge in [0.1, 0.15) is 0 Å². The first-order valence-corrected chi connectivity index (χ1v) is 6.87. The van der Waals surface area contributed by atoms with Gasteiger partial charge in [0.05, 0.1) is 0 Å². The van der Waals surface area contributed by atoms with E-state index in [1.165, 1.54) is 25.7 Å². The number of halogens is 1. The second-order valence-corrected chi connectivity index (χ2v) is 5.26. The molecule has 2 aromatic rings. The Morgan fingerprint density at radius 1 is 1.17 bits per heavy atom. The van der Waals surface area contributed by atoms with E-state index in [4.69, 9.17) is 11.6 Å². The lowest BCUT2D eigenvalue weighted by Crippen LogP contribution is -2.05. The monoisotopic (exact) mass is 261 g/mol. The van der Waals surface area contributed by atoms with E-state index in [0.717, 1.165) is 29.1 Å². The Balaban J connectivity index is 1.72. The molecule has 18 heavy (non-hydrogen) atoms. The summed E-state index contributed by atoms with van der Waals surface area (Å²) in [5.41, 5.74) is 0. The minimum absolute atomic E-state index is 0.467. The van der Waals surface area contributed by atoms with Gasteiger partial charge in [0.15, 0.2) is 11.0 Å². The van der Waals surface area contributed by atoms with Gasteiger partial charge >= 0.3 is 0 Å². The second-order valence-electron chi connectivity index (χ2n) is 4.90. The molecule has 1 saturated carbocycles. The highest BCUT2D eigenvalue weighted by atomic mass is 35.5. The van der Waals surface area contributed by atoms with Gasteiger partial charge in [-0.2, -0.15) is 0 Å². The van der Waals surface area contributed by atoms with Crippen molar-refractivity contribution in [3.05, 3.63) is 29.4 Å². The van der Waals surface area contributed by atoms with Gasteiger partial charge in [-0.3, -0.25) is 0 Å². The molecule has 4 heteroatoms. The van der Waals surface area contributed by atoms with Gasteiger partial charge in [0.25, 0.3) is 0 Å². The van der Waals surface area contributed by atoms with Crippen LogP contribution in [-0.2, 0) is 0 Å². The van der Waals surface area contributed by atoms with E-state index >= 15 is 0 Å². The Morgan fingerprint density at radius 2 is 1.94 bits per heavy atom. The highest BCUT2D eigenvalue weighted by Gasteiger charge is 2.20. The molecule has 0 aliphatic heterocycles. The van der Waals surface area contributed by atoms with Crippen molar-refractivity contribution in [1.29, 1.82) is 0 Å². The summed E-state index contributed by atoms with van der Waals surface area (Å²) < 4.78 is 0. The molecule has 1 aromatic heterocycles. The van der Waals surface area contributed by atoms with Crippen molar-refractivity contribution in [2.24, 2.45) is 5.92 Å². The number of nitrogens with zero attached hydrogens (tertiary/aromatic N) is 2. The third-order valence-corrected chi connectivity index (χ3v) is 3.70. The Hall–Kier alpha value is -1.35. The number of benzene rings is 1. The number of anilines is 1. The molecule has 94 valence electrons. The lowest BCUT2D eigenvalue weighted by Gasteiger charge is -2.08. The van der Waals surface area contributed by atoms with E-state index in [1.807, 2.05) is 24.3 Å². The molecular weight excluding hydrogens is 246 g/mol. The Kier molecular flexibility index (Phi) is 3.33. The predicted octanol–water partition coefficient (Wildman–Crippen LogP) is 3.89. The van der Waals surface area contributed by atoms with E-state index in [1.54, 1.807) is 0 Å².